The highest BCUT2D eigenvalue weighted by atomic mass is 35.5. The zero-order chi connectivity index (χ0) is 29.7. The van der Waals surface area contributed by atoms with E-state index in [2.05, 4.69) is 6.92 Å². The minimum Gasteiger partial charge on any atom is -0.432 e. The lowest BCUT2D eigenvalue weighted by atomic mass is 9.76. The summed E-state index contributed by atoms with van der Waals surface area (Å²) in [6.45, 7) is 3.79. The van der Waals surface area contributed by atoms with Crippen LogP contribution in [0.5, 0.6) is 5.75 Å². The second-order valence-corrected chi connectivity index (χ2v) is 13.0. The Morgan fingerprint density at radius 1 is 0.833 bits per heavy atom. The van der Waals surface area contributed by atoms with Gasteiger partial charge in [0.05, 0.1) is 24.2 Å². The second kappa shape index (κ2) is 14.3. The Morgan fingerprint density at radius 3 is 2.17 bits per heavy atom. The van der Waals surface area contributed by atoms with Crippen LogP contribution in [-0.2, 0) is 9.47 Å². The van der Waals surface area contributed by atoms with Gasteiger partial charge in [-0.3, -0.25) is 0 Å². The van der Waals surface area contributed by atoms with Crippen LogP contribution in [0.15, 0.2) is 36.4 Å². The van der Waals surface area contributed by atoms with Crippen LogP contribution in [0.2, 0.25) is 5.02 Å². The molecule has 3 fully saturated rings. The fourth-order valence-corrected chi connectivity index (χ4v) is 7.17. The van der Waals surface area contributed by atoms with Gasteiger partial charge in [0, 0.05) is 17.9 Å². The molecule has 0 atom stereocenters. The smallest absolute Gasteiger partial charge is 0.400 e. The maximum absolute atomic E-state index is 15.3. The molecule has 3 aliphatic rings. The van der Waals surface area contributed by atoms with Crippen LogP contribution in [0, 0.1) is 29.4 Å². The second-order valence-electron chi connectivity index (χ2n) is 12.6. The summed E-state index contributed by atoms with van der Waals surface area (Å²) in [5, 5.41) is -0.151. The Morgan fingerprint density at radius 2 is 1.52 bits per heavy atom. The SMILES string of the molecule is CCCCCC1COC(C2CCC(c3ccc(C4CCC(C(F)(F)Oc5ccc(Cl)c(F)c5)CC4)c(F)c3)CC2)OC1. The molecule has 1 heterocycles. The number of halogens is 5. The quantitative estimate of drug-likeness (QED) is 0.198. The third kappa shape index (κ3) is 7.81. The van der Waals surface area contributed by atoms with Crippen molar-refractivity contribution in [3.63, 3.8) is 0 Å². The zero-order valence-electron chi connectivity index (χ0n) is 24.4. The van der Waals surface area contributed by atoms with Crippen LogP contribution in [0.1, 0.15) is 107 Å². The first-order valence-electron chi connectivity index (χ1n) is 15.8. The fourth-order valence-electron chi connectivity index (χ4n) is 7.05. The van der Waals surface area contributed by atoms with E-state index in [9.17, 15) is 13.2 Å². The van der Waals surface area contributed by atoms with Gasteiger partial charge in [0.25, 0.3) is 0 Å². The Kier molecular flexibility index (Phi) is 10.8. The number of ether oxygens (including phenoxy) is 3. The average molecular weight is 611 g/mol. The molecule has 5 rings (SSSR count). The van der Waals surface area contributed by atoms with E-state index in [0.29, 0.717) is 36.2 Å². The van der Waals surface area contributed by atoms with Crippen LogP contribution in [0.3, 0.4) is 0 Å². The predicted octanol–water partition coefficient (Wildman–Crippen LogP) is 10.4. The monoisotopic (exact) mass is 610 g/mol. The number of unbranched alkanes of at least 4 members (excludes halogenated alkanes) is 2. The summed E-state index contributed by atoms with van der Waals surface area (Å²) in [7, 11) is 0. The molecular weight excluding hydrogens is 568 g/mol. The molecule has 232 valence electrons. The summed E-state index contributed by atoms with van der Waals surface area (Å²) in [6.07, 6.45) is 6.57. The van der Waals surface area contributed by atoms with E-state index in [1.165, 1.54) is 37.8 Å². The molecule has 8 heteroatoms. The van der Waals surface area contributed by atoms with Crippen LogP contribution in [-0.4, -0.2) is 25.6 Å². The first kappa shape index (κ1) is 31.6. The summed E-state index contributed by atoms with van der Waals surface area (Å²) >= 11 is 5.64. The minimum atomic E-state index is -3.45. The van der Waals surface area contributed by atoms with Crippen LogP contribution >= 0.6 is 11.6 Å². The largest absolute Gasteiger partial charge is 0.432 e. The maximum atomic E-state index is 15.3. The Balaban J connectivity index is 1.08. The van der Waals surface area contributed by atoms with Crippen molar-refractivity contribution in [2.45, 2.75) is 108 Å². The van der Waals surface area contributed by atoms with Crippen molar-refractivity contribution < 1.29 is 31.8 Å². The summed E-state index contributed by atoms with van der Waals surface area (Å²) < 4.78 is 75.8. The van der Waals surface area contributed by atoms with Gasteiger partial charge in [0.2, 0.25) is 0 Å². The van der Waals surface area contributed by atoms with E-state index in [0.717, 1.165) is 50.5 Å². The lowest BCUT2D eigenvalue weighted by Crippen LogP contribution is -2.38. The van der Waals surface area contributed by atoms with Crippen molar-refractivity contribution in [1.29, 1.82) is 0 Å². The third-order valence-corrected chi connectivity index (χ3v) is 9.95. The molecule has 2 saturated carbocycles. The van der Waals surface area contributed by atoms with Crippen LogP contribution in [0.25, 0.3) is 0 Å². The van der Waals surface area contributed by atoms with Crippen molar-refractivity contribution in [2.75, 3.05) is 13.2 Å². The van der Waals surface area contributed by atoms with Gasteiger partial charge in [0.15, 0.2) is 6.29 Å². The van der Waals surface area contributed by atoms with E-state index in [1.54, 1.807) is 6.07 Å². The number of hydrogen-bond acceptors (Lipinski definition) is 3. The van der Waals surface area contributed by atoms with Crippen LogP contribution in [0.4, 0.5) is 17.6 Å². The molecular formula is C34H43ClF4O3. The molecule has 1 saturated heterocycles. The molecule has 3 nitrogen and oxygen atoms in total. The van der Waals surface area contributed by atoms with Crippen molar-refractivity contribution in [3.05, 3.63) is 64.2 Å². The predicted molar refractivity (Wildman–Crippen MR) is 156 cm³/mol. The standard InChI is InChI=1S/C34H43ClF4O3/c1-2-3-4-5-22-20-40-33(41-21-22)25-8-6-23(7-9-25)26-12-16-29(31(36)18-26)24-10-13-27(14-11-24)34(38,39)42-28-15-17-30(35)32(37)19-28/h12,15-19,22-25,27,33H,2-11,13-14,20-21H2,1H3. The highest BCUT2D eigenvalue weighted by molar-refractivity contribution is 6.30. The van der Waals surface area contributed by atoms with Gasteiger partial charge in [-0.15, -0.1) is 0 Å². The number of alkyl halides is 2. The summed E-state index contributed by atoms with van der Waals surface area (Å²) in [5.74, 6) is -1.24. The fraction of sp³-hybridized carbons (Fsp3) is 0.647. The Hall–Kier alpha value is -1.83. The van der Waals surface area contributed by atoms with E-state index in [-0.39, 0.29) is 41.6 Å². The highest BCUT2D eigenvalue weighted by Crippen LogP contribution is 2.45. The molecule has 1 aliphatic heterocycles. The van der Waals surface area contributed by atoms with Gasteiger partial charge < -0.3 is 14.2 Å². The lowest BCUT2D eigenvalue weighted by molar-refractivity contribution is -0.229. The molecule has 0 spiro atoms. The van der Waals surface area contributed by atoms with Gasteiger partial charge in [-0.2, -0.15) is 8.78 Å². The number of hydrogen-bond donors (Lipinski definition) is 0. The molecule has 2 aromatic rings. The van der Waals surface area contributed by atoms with E-state index in [4.69, 9.17) is 25.8 Å². The summed E-state index contributed by atoms with van der Waals surface area (Å²) in [6, 6.07) is 8.84. The molecule has 2 aliphatic carbocycles. The number of rotatable bonds is 10. The van der Waals surface area contributed by atoms with Crippen molar-refractivity contribution in [3.8, 4) is 5.75 Å². The van der Waals surface area contributed by atoms with Crippen molar-refractivity contribution in [1.82, 2.24) is 0 Å². The molecule has 0 bridgehead atoms. The summed E-state index contributed by atoms with van der Waals surface area (Å²) in [4.78, 5) is 0. The van der Waals surface area contributed by atoms with E-state index < -0.39 is 17.8 Å². The Labute approximate surface area is 252 Å². The topological polar surface area (TPSA) is 27.7 Å². The Bertz CT molecular complexity index is 1150. The molecule has 2 aromatic carbocycles. The third-order valence-electron chi connectivity index (χ3n) is 9.65. The van der Waals surface area contributed by atoms with Gasteiger partial charge in [0.1, 0.15) is 17.4 Å². The minimum absolute atomic E-state index is 0.110. The van der Waals surface area contributed by atoms with E-state index >= 15 is 4.39 Å². The molecule has 0 aromatic heterocycles. The van der Waals surface area contributed by atoms with Gasteiger partial charge in [-0.1, -0.05) is 49.9 Å². The molecule has 0 unspecified atom stereocenters. The van der Waals surface area contributed by atoms with Gasteiger partial charge in [-0.05, 0) is 98.9 Å². The van der Waals surface area contributed by atoms with Gasteiger partial charge >= 0.3 is 6.11 Å². The highest BCUT2D eigenvalue weighted by Gasteiger charge is 2.44. The van der Waals surface area contributed by atoms with Crippen molar-refractivity contribution >= 4 is 11.6 Å². The lowest BCUT2D eigenvalue weighted by Gasteiger charge is -2.38. The van der Waals surface area contributed by atoms with Crippen molar-refractivity contribution in [2.24, 2.45) is 17.8 Å². The first-order valence-corrected chi connectivity index (χ1v) is 16.2. The molecule has 0 amide bonds. The average Bonchev–Trinajstić information content (AvgIpc) is 2.99. The molecule has 0 radical (unpaired) electrons. The zero-order valence-corrected chi connectivity index (χ0v) is 25.2. The first-order chi connectivity index (χ1) is 20.2. The summed E-state index contributed by atoms with van der Waals surface area (Å²) in [5.41, 5.74) is 1.62. The van der Waals surface area contributed by atoms with Gasteiger partial charge in [-0.25, -0.2) is 8.78 Å². The normalized spacial score (nSPS) is 28.9. The molecule has 0 N–H and O–H groups in total. The van der Waals surface area contributed by atoms with E-state index in [1.807, 2.05) is 12.1 Å². The van der Waals surface area contributed by atoms with Crippen LogP contribution < -0.4 is 4.74 Å². The number of benzene rings is 2. The maximum Gasteiger partial charge on any atom is 0.400 e. The molecule has 42 heavy (non-hydrogen) atoms.